The van der Waals surface area contributed by atoms with E-state index in [1.165, 1.54) is 22.2 Å². The van der Waals surface area contributed by atoms with E-state index in [9.17, 15) is 9.59 Å². The molecule has 0 atom stereocenters. The Morgan fingerprint density at radius 1 is 1.11 bits per heavy atom. The van der Waals surface area contributed by atoms with Gasteiger partial charge in [-0.15, -0.1) is 11.3 Å². The minimum absolute atomic E-state index is 0.110. The fourth-order valence-electron chi connectivity index (χ4n) is 2.71. The van der Waals surface area contributed by atoms with E-state index in [0.717, 1.165) is 10.4 Å². The van der Waals surface area contributed by atoms with E-state index >= 15 is 0 Å². The summed E-state index contributed by atoms with van der Waals surface area (Å²) in [4.78, 5) is 31.0. The Hall–Kier alpha value is -2.96. The van der Waals surface area contributed by atoms with Crippen molar-refractivity contribution in [3.05, 3.63) is 82.4 Å². The Morgan fingerprint density at radius 2 is 1.85 bits per heavy atom. The lowest BCUT2D eigenvalue weighted by Crippen LogP contribution is -2.27. The van der Waals surface area contributed by atoms with Gasteiger partial charge in [-0.2, -0.15) is 0 Å². The van der Waals surface area contributed by atoms with Gasteiger partial charge in [0.05, 0.1) is 11.7 Å². The van der Waals surface area contributed by atoms with Crippen molar-refractivity contribution in [1.29, 1.82) is 0 Å². The predicted octanol–water partition coefficient (Wildman–Crippen LogP) is 4.42. The van der Waals surface area contributed by atoms with Crippen molar-refractivity contribution < 1.29 is 4.79 Å². The summed E-state index contributed by atoms with van der Waals surface area (Å²) in [5.74, 6) is -0.306. The first kappa shape index (κ1) is 17.5. The van der Waals surface area contributed by atoms with E-state index in [-0.39, 0.29) is 18.0 Å². The average Bonchev–Trinajstić information content (AvgIpc) is 3.12. The number of hydrogen-bond donors (Lipinski definition) is 1. The lowest BCUT2D eigenvalue weighted by atomic mass is 10.2. The minimum atomic E-state index is -0.306. The van der Waals surface area contributed by atoms with Crippen LogP contribution in [0, 0.1) is 0 Å². The first-order valence-electron chi connectivity index (χ1n) is 8.20. The molecule has 7 heteroatoms. The monoisotopic (exact) mass is 395 g/mol. The lowest BCUT2D eigenvalue weighted by molar-refractivity contribution is -0.116. The zero-order chi connectivity index (χ0) is 18.8. The zero-order valence-corrected chi connectivity index (χ0v) is 15.6. The number of nitrogens with zero attached hydrogens (tertiary/aromatic N) is 2. The number of thiophene rings is 1. The molecule has 5 nitrogen and oxygen atoms in total. The number of nitrogens with one attached hydrogen (secondary N) is 1. The topological polar surface area (TPSA) is 64.0 Å². The van der Waals surface area contributed by atoms with E-state index < -0.39 is 0 Å². The number of carbonyl (C=O) groups excluding carboxylic acids is 1. The van der Waals surface area contributed by atoms with Crippen molar-refractivity contribution in [3.63, 3.8) is 0 Å². The molecule has 0 fully saturated rings. The van der Waals surface area contributed by atoms with Gasteiger partial charge in [-0.3, -0.25) is 14.2 Å². The quantitative estimate of drug-likeness (QED) is 0.556. The molecule has 2 aromatic heterocycles. The molecular formula is C20H14ClN3O2S. The third-order valence-electron chi connectivity index (χ3n) is 4.02. The van der Waals surface area contributed by atoms with Crippen LogP contribution in [0.3, 0.4) is 0 Å². The second-order valence-electron chi connectivity index (χ2n) is 5.93. The van der Waals surface area contributed by atoms with Crippen LogP contribution in [0.2, 0.25) is 5.02 Å². The van der Waals surface area contributed by atoms with Crippen LogP contribution in [0.1, 0.15) is 0 Å². The number of benzene rings is 2. The van der Waals surface area contributed by atoms with E-state index in [4.69, 9.17) is 11.6 Å². The van der Waals surface area contributed by atoms with Crippen LogP contribution in [0.25, 0.3) is 20.7 Å². The van der Waals surface area contributed by atoms with Crippen LogP contribution < -0.4 is 10.9 Å². The molecule has 2 aromatic carbocycles. The maximum atomic E-state index is 12.7. The summed E-state index contributed by atoms with van der Waals surface area (Å²) in [6.45, 7) is -0.110. The molecule has 134 valence electrons. The normalized spacial score (nSPS) is 10.9. The second-order valence-corrected chi connectivity index (χ2v) is 7.40. The van der Waals surface area contributed by atoms with E-state index in [0.29, 0.717) is 20.9 Å². The van der Waals surface area contributed by atoms with Crippen molar-refractivity contribution in [2.75, 3.05) is 5.32 Å². The van der Waals surface area contributed by atoms with Crippen molar-refractivity contribution in [3.8, 4) is 10.4 Å². The Kier molecular flexibility index (Phi) is 4.75. The van der Waals surface area contributed by atoms with Crippen LogP contribution in [-0.2, 0) is 11.3 Å². The summed E-state index contributed by atoms with van der Waals surface area (Å²) in [5, 5.41) is 3.84. The van der Waals surface area contributed by atoms with E-state index in [1.807, 2.05) is 36.4 Å². The number of aromatic nitrogens is 2. The molecule has 27 heavy (non-hydrogen) atoms. The van der Waals surface area contributed by atoms with Gasteiger partial charge in [0.1, 0.15) is 11.4 Å². The first-order valence-corrected chi connectivity index (χ1v) is 9.39. The summed E-state index contributed by atoms with van der Waals surface area (Å²) in [5.41, 5.74) is 1.42. The summed E-state index contributed by atoms with van der Waals surface area (Å²) in [6, 6.07) is 18.4. The van der Waals surface area contributed by atoms with E-state index in [2.05, 4.69) is 10.3 Å². The van der Waals surface area contributed by atoms with Crippen molar-refractivity contribution >= 4 is 44.7 Å². The molecular weight excluding hydrogens is 382 g/mol. The number of fused-ring (bicyclic) bond motifs is 1. The summed E-state index contributed by atoms with van der Waals surface area (Å²) < 4.78 is 1.31. The SMILES string of the molecule is O=C(Cn1cnc2sc(-c3ccccc3)cc2c1=O)Nc1ccc(Cl)cc1. The van der Waals surface area contributed by atoms with Gasteiger partial charge < -0.3 is 5.32 Å². The van der Waals surface area contributed by atoms with Gasteiger partial charge >= 0.3 is 0 Å². The lowest BCUT2D eigenvalue weighted by Gasteiger charge is -2.07. The van der Waals surface area contributed by atoms with Gasteiger partial charge in [-0.05, 0) is 35.9 Å². The molecule has 0 saturated heterocycles. The smallest absolute Gasteiger partial charge is 0.262 e. The number of halogens is 1. The molecule has 4 rings (SSSR count). The molecule has 0 radical (unpaired) electrons. The third kappa shape index (κ3) is 3.77. The zero-order valence-electron chi connectivity index (χ0n) is 14.1. The van der Waals surface area contributed by atoms with Gasteiger partial charge in [0.15, 0.2) is 0 Å². The Balaban J connectivity index is 1.59. The highest BCUT2D eigenvalue weighted by Gasteiger charge is 2.12. The molecule has 0 aliphatic rings. The maximum absolute atomic E-state index is 12.7. The fraction of sp³-hybridized carbons (Fsp3) is 0.0500. The molecule has 1 N–H and O–H groups in total. The summed E-state index contributed by atoms with van der Waals surface area (Å²) in [7, 11) is 0. The van der Waals surface area contributed by atoms with Crippen LogP contribution in [0.5, 0.6) is 0 Å². The van der Waals surface area contributed by atoms with Crippen LogP contribution in [0.15, 0.2) is 71.8 Å². The largest absolute Gasteiger partial charge is 0.325 e. The van der Waals surface area contributed by atoms with Gasteiger partial charge in [-0.1, -0.05) is 41.9 Å². The molecule has 0 unspecified atom stereocenters. The molecule has 0 aliphatic heterocycles. The number of anilines is 1. The molecule has 0 bridgehead atoms. The van der Waals surface area contributed by atoms with Crippen LogP contribution in [-0.4, -0.2) is 15.5 Å². The highest BCUT2D eigenvalue weighted by Crippen LogP contribution is 2.30. The average molecular weight is 396 g/mol. The minimum Gasteiger partial charge on any atom is -0.325 e. The number of amides is 1. The molecule has 0 saturated carbocycles. The van der Waals surface area contributed by atoms with Gasteiger partial charge in [0.2, 0.25) is 5.91 Å². The van der Waals surface area contributed by atoms with Gasteiger partial charge in [0, 0.05) is 15.6 Å². The Labute approximate surface area is 163 Å². The number of carbonyl (C=O) groups is 1. The predicted molar refractivity (Wildman–Crippen MR) is 109 cm³/mol. The number of hydrogen-bond acceptors (Lipinski definition) is 4. The molecule has 0 spiro atoms. The Bertz CT molecular complexity index is 1170. The first-order chi connectivity index (χ1) is 13.1. The summed E-state index contributed by atoms with van der Waals surface area (Å²) in [6.07, 6.45) is 1.41. The fourth-order valence-corrected chi connectivity index (χ4v) is 3.83. The van der Waals surface area contributed by atoms with Crippen molar-refractivity contribution in [2.45, 2.75) is 6.54 Å². The van der Waals surface area contributed by atoms with Gasteiger partial charge in [0.25, 0.3) is 5.56 Å². The molecule has 0 aliphatic carbocycles. The molecule has 2 heterocycles. The maximum Gasteiger partial charge on any atom is 0.262 e. The van der Waals surface area contributed by atoms with Crippen LogP contribution in [0.4, 0.5) is 5.69 Å². The van der Waals surface area contributed by atoms with Gasteiger partial charge in [-0.25, -0.2) is 4.98 Å². The second kappa shape index (κ2) is 7.34. The third-order valence-corrected chi connectivity index (χ3v) is 5.36. The molecule has 1 amide bonds. The van der Waals surface area contributed by atoms with Crippen LogP contribution >= 0.6 is 22.9 Å². The molecule has 4 aromatic rings. The van der Waals surface area contributed by atoms with Crippen molar-refractivity contribution in [2.24, 2.45) is 0 Å². The highest BCUT2D eigenvalue weighted by molar-refractivity contribution is 7.21. The van der Waals surface area contributed by atoms with E-state index in [1.54, 1.807) is 24.3 Å². The number of rotatable bonds is 4. The standard InChI is InChI=1S/C20H14ClN3O2S/c21-14-6-8-15(9-7-14)23-18(25)11-24-12-22-19-16(20(24)26)10-17(27-19)13-4-2-1-3-5-13/h1-10,12H,11H2,(H,23,25). The Morgan fingerprint density at radius 3 is 2.59 bits per heavy atom. The summed E-state index contributed by atoms with van der Waals surface area (Å²) >= 11 is 7.29. The highest BCUT2D eigenvalue weighted by atomic mass is 35.5. The van der Waals surface area contributed by atoms with Crippen molar-refractivity contribution in [1.82, 2.24) is 9.55 Å².